The van der Waals surface area contributed by atoms with Crippen molar-refractivity contribution in [2.45, 2.75) is 20.4 Å². The molecule has 0 fully saturated rings. The summed E-state index contributed by atoms with van der Waals surface area (Å²) in [7, 11) is 0. The molecule has 144 valence electrons. The van der Waals surface area contributed by atoms with E-state index in [0.29, 0.717) is 47.5 Å². The molecule has 1 aliphatic rings. The van der Waals surface area contributed by atoms with E-state index in [9.17, 15) is 4.79 Å². The summed E-state index contributed by atoms with van der Waals surface area (Å²) < 4.78 is 12.9. The van der Waals surface area contributed by atoms with Gasteiger partial charge in [0.1, 0.15) is 13.2 Å². The van der Waals surface area contributed by atoms with Gasteiger partial charge in [0.15, 0.2) is 11.5 Å². The number of aromatic nitrogens is 2. The molecule has 2 aromatic carbocycles. The molecule has 0 aliphatic carbocycles. The van der Waals surface area contributed by atoms with Crippen LogP contribution in [0.15, 0.2) is 42.5 Å². The second kappa shape index (κ2) is 7.56. The van der Waals surface area contributed by atoms with Gasteiger partial charge < -0.3 is 14.8 Å². The van der Waals surface area contributed by atoms with Gasteiger partial charge >= 0.3 is 0 Å². The Morgan fingerprint density at radius 2 is 1.82 bits per heavy atom. The average molecular weight is 398 g/mol. The maximum atomic E-state index is 12.5. The topological polar surface area (TPSA) is 65.4 Å². The molecule has 1 aliphatic heterocycles. The van der Waals surface area contributed by atoms with Gasteiger partial charge in [0.25, 0.3) is 5.91 Å². The molecule has 0 saturated carbocycles. The standard InChI is InChI=1S/C21H20ClN3O3/c1-13-20(22)14(2)25(24-13)12-15-3-5-16(6-4-15)21(26)23-17-7-8-18-19(11-17)28-10-9-27-18/h3-8,11H,9-10,12H2,1-2H3,(H,23,26). The molecule has 7 heteroatoms. The van der Waals surface area contributed by atoms with Crippen LogP contribution in [0.5, 0.6) is 11.5 Å². The van der Waals surface area contributed by atoms with Crippen LogP contribution < -0.4 is 14.8 Å². The molecular formula is C21H20ClN3O3. The fourth-order valence-electron chi connectivity index (χ4n) is 3.09. The van der Waals surface area contributed by atoms with Crippen LogP contribution in [-0.2, 0) is 6.54 Å². The quantitative estimate of drug-likeness (QED) is 0.715. The van der Waals surface area contributed by atoms with Crippen molar-refractivity contribution in [2.24, 2.45) is 0 Å². The van der Waals surface area contributed by atoms with E-state index in [1.54, 1.807) is 30.3 Å². The second-order valence-electron chi connectivity index (χ2n) is 6.65. The molecule has 2 heterocycles. The smallest absolute Gasteiger partial charge is 0.255 e. The Morgan fingerprint density at radius 1 is 1.11 bits per heavy atom. The summed E-state index contributed by atoms with van der Waals surface area (Å²) in [4.78, 5) is 12.5. The van der Waals surface area contributed by atoms with Crippen molar-refractivity contribution >= 4 is 23.2 Å². The number of fused-ring (bicyclic) bond motifs is 1. The van der Waals surface area contributed by atoms with E-state index in [4.69, 9.17) is 21.1 Å². The molecule has 0 radical (unpaired) electrons. The maximum Gasteiger partial charge on any atom is 0.255 e. The first kappa shape index (κ1) is 18.4. The number of nitrogens with zero attached hydrogens (tertiary/aromatic N) is 2. The molecule has 1 amide bonds. The van der Waals surface area contributed by atoms with Crippen LogP contribution in [0.1, 0.15) is 27.3 Å². The molecule has 0 saturated heterocycles. The Hall–Kier alpha value is -2.99. The van der Waals surface area contributed by atoms with E-state index in [0.717, 1.165) is 17.0 Å². The summed E-state index contributed by atoms with van der Waals surface area (Å²) >= 11 is 6.20. The van der Waals surface area contributed by atoms with Crippen LogP contribution in [0.4, 0.5) is 5.69 Å². The number of amides is 1. The van der Waals surface area contributed by atoms with Crippen molar-refractivity contribution in [2.75, 3.05) is 18.5 Å². The normalized spacial score (nSPS) is 12.7. The zero-order valence-electron chi connectivity index (χ0n) is 15.7. The fraction of sp³-hybridized carbons (Fsp3) is 0.238. The van der Waals surface area contributed by atoms with Crippen molar-refractivity contribution in [3.05, 3.63) is 70.0 Å². The number of ether oxygens (including phenoxy) is 2. The van der Waals surface area contributed by atoms with Gasteiger partial charge in [-0.3, -0.25) is 9.48 Å². The van der Waals surface area contributed by atoms with Crippen LogP contribution in [0.3, 0.4) is 0 Å². The lowest BCUT2D eigenvalue weighted by Crippen LogP contribution is -2.16. The monoisotopic (exact) mass is 397 g/mol. The molecule has 4 rings (SSSR count). The first-order valence-corrected chi connectivity index (χ1v) is 9.38. The van der Waals surface area contributed by atoms with Crippen LogP contribution >= 0.6 is 11.6 Å². The molecule has 28 heavy (non-hydrogen) atoms. The zero-order chi connectivity index (χ0) is 19.7. The average Bonchev–Trinajstić information content (AvgIpc) is 2.95. The van der Waals surface area contributed by atoms with E-state index in [-0.39, 0.29) is 5.91 Å². The molecule has 0 bridgehead atoms. The first-order valence-electron chi connectivity index (χ1n) is 9.01. The molecule has 1 aromatic heterocycles. The van der Waals surface area contributed by atoms with Crippen molar-refractivity contribution in [3.8, 4) is 11.5 Å². The van der Waals surface area contributed by atoms with Crippen molar-refractivity contribution in [1.29, 1.82) is 0 Å². The maximum absolute atomic E-state index is 12.5. The van der Waals surface area contributed by atoms with Gasteiger partial charge in [-0.25, -0.2) is 0 Å². The van der Waals surface area contributed by atoms with Crippen molar-refractivity contribution in [1.82, 2.24) is 9.78 Å². The van der Waals surface area contributed by atoms with Gasteiger partial charge in [-0.15, -0.1) is 0 Å². The lowest BCUT2D eigenvalue weighted by atomic mass is 10.1. The van der Waals surface area contributed by atoms with E-state index >= 15 is 0 Å². The molecule has 6 nitrogen and oxygen atoms in total. The Bertz CT molecular complexity index is 1030. The zero-order valence-corrected chi connectivity index (χ0v) is 16.4. The van der Waals surface area contributed by atoms with Gasteiger partial charge in [0, 0.05) is 17.3 Å². The van der Waals surface area contributed by atoms with E-state index < -0.39 is 0 Å². The number of halogens is 1. The third kappa shape index (κ3) is 3.68. The summed E-state index contributed by atoms with van der Waals surface area (Å²) in [5, 5.41) is 8.02. The van der Waals surface area contributed by atoms with Crippen molar-refractivity contribution < 1.29 is 14.3 Å². The highest BCUT2D eigenvalue weighted by molar-refractivity contribution is 6.31. The number of carbonyl (C=O) groups excluding carboxylic acids is 1. The lowest BCUT2D eigenvalue weighted by molar-refractivity contribution is 0.102. The number of aryl methyl sites for hydroxylation is 1. The number of nitrogens with one attached hydrogen (secondary N) is 1. The Kier molecular flexibility index (Phi) is 4.96. The molecule has 1 N–H and O–H groups in total. The number of benzene rings is 2. The molecular weight excluding hydrogens is 378 g/mol. The Morgan fingerprint density at radius 3 is 2.50 bits per heavy atom. The van der Waals surface area contributed by atoms with Crippen LogP contribution in [0.2, 0.25) is 5.02 Å². The van der Waals surface area contributed by atoms with Crippen LogP contribution in [0, 0.1) is 13.8 Å². The molecule has 3 aromatic rings. The third-order valence-electron chi connectivity index (χ3n) is 4.64. The van der Waals surface area contributed by atoms with E-state index in [2.05, 4.69) is 10.4 Å². The predicted octanol–water partition coefficient (Wildman–Crippen LogP) is 4.23. The number of carbonyl (C=O) groups is 1. The minimum atomic E-state index is -0.183. The summed E-state index contributed by atoms with van der Waals surface area (Å²) in [6.45, 7) is 5.47. The summed E-state index contributed by atoms with van der Waals surface area (Å²) in [6, 6.07) is 12.8. The molecule has 0 spiro atoms. The number of hydrogen-bond acceptors (Lipinski definition) is 4. The third-order valence-corrected chi connectivity index (χ3v) is 5.19. The minimum Gasteiger partial charge on any atom is -0.486 e. The highest BCUT2D eigenvalue weighted by atomic mass is 35.5. The number of anilines is 1. The van der Waals surface area contributed by atoms with Gasteiger partial charge in [0.2, 0.25) is 0 Å². The lowest BCUT2D eigenvalue weighted by Gasteiger charge is -2.19. The SMILES string of the molecule is Cc1nn(Cc2ccc(C(=O)Nc3ccc4c(c3)OCCO4)cc2)c(C)c1Cl. The van der Waals surface area contributed by atoms with Gasteiger partial charge in [-0.05, 0) is 43.7 Å². The van der Waals surface area contributed by atoms with Crippen molar-refractivity contribution in [3.63, 3.8) is 0 Å². The first-order chi connectivity index (χ1) is 13.5. The van der Waals surface area contributed by atoms with Gasteiger partial charge in [0.05, 0.1) is 23.0 Å². The van der Waals surface area contributed by atoms with Gasteiger partial charge in [-0.1, -0.05) is 23.7 Å². The van der Waals surface area contributed by atoms with E-state index in [1.807, 2.05) is 30.7 Å². The van der Waals surface area contributed by atoms with E-state index in [1.165, 1.54) is 0 Å². The highest BCUT2D eigenvalue weighted by Gasteiger charge is 2.14. The van der Waals surface area contributed by atoms with Crippen LogP contribution in [-0.4, -0.2) is 28.9 Å². The minimum absolute atomic E-state index is 0.183. The van der Waals surface area contributed by atoms with Gasteiger partial charge in [-0.2, -0.15) is 5.10 Å². The summed E-state index contributed by atoms with van der Waals surface area (Å²) in [5.74, 6) is 1.15. The molecule has 0 atom stereocenters. The Labute approximate surface area is 168 Å². The summed E-state index contributed by atoms with van der Waals surface area (Å²) in [6.07, 6.45) is 0. The molecule has 0 unspecified atom stereocenters. The number of hydrogen-bond donors (Lipinski definition) is 1. The van der Waals surface area contributed by atoms with Crippen LogP contribution in [0.25, 0.3) is 0 Å². The second-order valence-corrected chi connectivity index (χ2v) is 7.03. The number of rotatable bonds is 4. The summed E-state index contributed by atoms with van der Waals surface area (Å²) in [5.41, 5.74) is 4.02. The Balaban J connectivity index is 1.44. The predicted molar refractivity (Wildman–Crippen MR) is 108 cm³/mol. The fourth-order valence-corrected chi connectivity index (χ4v) is 3.22. The highest BCUT2D eigenvalue weighted by Crippen LogP contribution is 2.32. The largest absolute Gasteiger partial charge is 0.486 e.